The van der Waals surface area contributed by atoms with Crippen molar-refractivity contribution < 1.29 is 8.78 Å². The normalized spacial score (nSPS) is 10.1. The number of thiophene rings is 1. The Morgan fingerprint density at radius 3 is 2.36 bits per heavy atom. The van der Waals surface area contributed by atoms with E-state index in [1.807, 2.05) is 6.07 Å². The molecule has 1 nitrogen and oxygen atoms in total. The number of thiocarbonyl (C=S) groups is 1. The second-order valence-corrected chi connectivity index (χ2v) is 7.54. The molecule has 0 unspecified atom stereocenters. The Hall–Kier alpha value is -2.64. The number of hydrogen-bond donors (Lipinski definition) is 0. The number of aryl methyl sites for hydroxylation is 1. The van der Waals surface area contributed by atoms with Crippen molar-refractivity contribution in [2.45, 2.75) is 26.2 Å². The van der Waals surface area contributed by atoms with E-state index in [0.717, 1.165) is 24.1 Å². The molecule has 28 heavy (non-hydrogen) atoms. The number of nitrogens with zero attached hydrogens (tertiary/aromatic N) is 1. The van der Waals surface area contributed by atoms with Crippen LogP contribution < -0.4 is 0 Å². The second kappa shape index (κ2) is 9.52. The standard InChI is InChI=1S/C23H17F2NS2/c1-2-3-4-19-11-12-20(28-19)10-5-16-13-21(24)23(22(25)14-16)17-6-8-18(9-7-17)26-15-27/h6-9,11-14H,2-4H2,1H3. The van der Waals surface area contributed by atoms with E-state index >= 15 is 0 Å². The number of benzene rings is 2. The lowest BCUT2D eigenvalue weighted by Crippen LogP contribution is -1.92. The molecule has 0 aliphatic rings. The number of rotatable bonds is 5. The zero-order valence-corrected chi connectivity index (χ0v) is 16.9. The van der Waals surface area contributed by atoms with Crippen LogP contribution >= 0.6 is 23.6 Å². The maximum absolute atomic E-state index is 14.6. The van der Waals surface area contributed by atoms with Gasteiger partial charge in [-0.2, -0.15) is 4.99 Å². The molecule has 0 saturated carbocycles. The molecule has 0 amide bonds. The largest absolute Gasteiger partial charge is 0.206 e. The molecule has 2 aromatic carbocycles. The highest BCUT2D eigenvalue weighted by Crippen LogP contribution is 2.29. The lowest BCUT2D eigenvalue weighted by Gasteiger charge is -2.06. The first-order valence-electron chi connectivity index (χ1n) is 8.88. The van der Waals surface area contributed by atoms with Crippen molar-refractivity contribution in [2.75, 3.05) is 0 Å². The number of unbranched alkanes of at least 4 members (excludes halogenated alkanes) is 1. The van der Waals surface area contributed by atoms with Gasteiger partial charge in [0.1, 0.15) is 11.6 Å². The molecule has 0 spiro atoms. The minimum Gasteiger partial charge on any atom is -0.206 e. The van der Waals surface area contributed by atoms with Gasteiger partial charge in [-0.15, -0.1) is 11.3 Å². The highest BCUT2D eigenvalue weighted by Gasteiger charge is 2.13. The van der Waals surface area contributed by atoms with Crippen LogP contribution in [0.25, 0.3) is 11.1 Å². The number of hydrogen-bond acceptors (Lipinski definition) is 3. The average Bonchev–Trinajstić information content (AvgIpc) is 3.14. The van der Waals surface area contributed by atoms with E-state index in [1.54, 1.807) is 35.6 Å². The van der Waals surface area contributed by atoms with Crippen LogP contribution in [0.3, 0.4) is 0 Å². The van der Waals surface area contributed by atoms with Gasteiger partial charge in [0.15, 0.2) is 0 Å². The van der Waals surface area contributed by atoms with Crippen LogP contribution in [0.5, 0.6) is 0 Å². The Bertz CT molecular complexity index is 1060. The van der Waals surface area contributed by atoms with Crippen molar-refractivity contribution in [1.82, 2.24) is 0 Å². The van der Waals surface area contributed by atoms with E-state index in [0.29, 0.717) is 16.8 Å². The average molecular weight is 410 g/mol. The lowest BCUT2D eigenvalue weighted by atomic mass is 10.0. The summed E-state index contributed by atoms with van der Waals surface area (Å²) in [6.45, 7) is 2.16. The molecule has 0 aliphatic carbocycles. The highest BCUT2D eigenvalue weighted by atomic mass is 32.1. The van der Waals surface area contributed by atoms with Crippen LogP contribution in [-0.2, 0) is 6.42 Å². The van der Waals surface area contributed by atoms with E-state index in [-0.39, 0.29) is 5.56 Å². The molecule has 3 rings (SSSR count). The van der Waals surface area contributed by atoms with E-state index < -0.39 is 11.6 Å². The van der Waals surface area contributed by atoms with Crippen molar-refractivity contribution in [3.63, 3.8) is 0 Å². The molecule has 0 saturated heterocycles. The van der Waals surface area contributed by atoms with Crippen LogP contribution in [0, 0.1) is 23.5 Å². The zero-order valence-electron chi connectivity index (χ0n) is 15.3. The molecule has 1 heterocycles. The van der Waals surface area contributed by atoms with Gasteiger partial charge in [-0.25, -0.2) is 8.78 Å². The maximum atomic E-state index is 14.6. The van der Waals surface area contributed by atoms with Gasteiger partial charge in [0.25, 0.3) is 0 Å². The van der Waals surface area contributed by atoms with Gasteiger partial charge in [0, 0.05) is 10.4 Å². The lowest BCUT2D eigenvalue weighted by molar-refractivity contribution is 0.589. The fourth-order valence-electron chi connectivity index (χ4n) is 2.74. The number of aliphatic imine (C=N–C) groups is 1. The van der Waals surface area contributed by atoms with E-state index in [2.05, 4.69) is 47.2 Å². The minimum absolute atomic E-state index is 0.0820. The van der Waals surface area contributed by atoms with Crippen LogP contribution in [0.2, 0.25) is 0 Å². The molecule has 0 radical (unpaired) electrons. The van der Waals surface area contributed by atoms with E-state index in [9.17, 15) is 8.78 Å². The molecule has 1 aromatic heterocycles. The summed E-state index contributed by atoms with van der Waals surface area (Å²) in [5.74, 6) is 4.57. The number of halogens is 2. The highest BCUT2D eigenvalue weighted by molar-refractivity contribution is 7.78. The molecular formula is C23H17F2NS2. The van der Waals surface area contributed by atoms with Crippen LogP contribution in [-0.4, -0.2) is 5.16 Å². The summed E-state index contributed by atoms with van der Waals surface area (Å²) in [5, 5.41) is 2.26. The van der Waals surface area contributed by atoms with Crippen molar-refractivity contribution >= 4 is 34.4 Å². The van der Waals surface area contributed by atoms with Gasteiger partial charge < -0.3 is 0 Å². The molecule has 0 fully saturated rings. The summed E-state index contributed by atoms with van der Waals surface area (Å²) in [4.78, 5) is 6.00. The SMILES string of the molecule is CCCCc1ccc(C#Cc2cc(F)c(-c3ccc(N=C=S)cc3)c(F)c2)s1. The van der Waals surface area contributed by atoms with Crippen LogP contribution in [0.4, 0.5) is 14.5 Å². The molecule has 0 atom stereocenters. The summed E-state index contributed by atoms with van der Waals surface area (Å²) in [7, 11) is 0. The fourth-order valence-corrected chi connectivity index (χ4v) is 3.75. The molecule has 3 aromatic rings. The predicted octanol–water partition coefficient (Wildman–Crippen LogP) is 7.17. The van der Waals surface area contributed by atoms with E-state index in [1.165, 1.54) is 17.0 Å². The van der Waals surface area contributed by atoms with Gasteiger partial charge in [-0.3, -0.25) is 0 Å². The summed E-state index contributed by atoms with van der Waals surface area (Å²) >= 11 is 6.17. The first kappa shape index (κ1) is 20.1. The van der Waals surface area contributed by atoms with E-state index in [4.69, 9.17) is 0 Å². The third-order valence-electron chi connectivity index (χ3n) is 4.14. The first-order valence-corrected chi connectivity index (χ1v) is 10.1. The van der Waals surface area contributed by atoms with Crippen molar-refractivity contribution in [2.24, 2.45) is 4.99 Å². The topological polar surface area (TPSA) is 12.4 Å². The Labute approximate surface area is 172 Å². The molecule has 140 valence electrons. The Morgan fingerprint density at radius 2 is 1.71 bits per heavy atom. The van der Waals surface area contributed by atoms with Crippen molar-refractivity contribution in [3.8, 4) is 23.0 Å². The predicted molar refractivity (Wildman–Crippen MR) is 115 cm³/mol. The fraction of sp³-hybridized carbons (Fsp3) is 0.174. The third-order valence-corrected chi connectivity index (χ3v) is 5.29. The van der Waals surface area contributed by atoms with Crippen LogP contribution in [0.15, 0.2) is 53.5 Å². The summed E-state index contributed by atoms with van der Waals surface area (Å²) in [5.41, 5.74) is 1.23. The van der Waals surface area contributed by atoms with Crippen molar-refractivity contribution in [1.29, 1.82) is 0 Å². The molecule has 0 bridgehead atoms. The van der Waals surface area contributed by atoms with Gasteiger partial charge in [-0.1, -0.05) is 37.3 Å². The summed E-state index contributed by atoms with van der Waals surface area (Å²) in [6.07, 6.45) is 3.33. The third kappa shape index (κ3) is 4.99. The smallest absolute Gasteiger partial charge is 0.135 e. The summed E-state index contributed by atoms with van der Waals surface area (Å²) < 4.78 is 29.1. The minimum atomic E-state index is -0.648. The van der Waals surface area contributed by atoms with Gasteiger partial charge in [0.2, 0.25) is 0 Å². The molecule has 5 heteroatoms. The number of isothiocyanates is 1. The molecular weight excluding hydrogens is 392 g/mol. The molecule has 0 N–H and O–H groups in total. The van der Waals surface area contributed by atoms with Gasteiger partial charge in [-0.05, 0) is 67.0 Å². The maximum Gasteiger partial charge on any atom is 0.135 e. The first-order chi connectivity index (χ1) is 13.6. The zero-order chi connectivity index (χ0) is 19.9. The van der Waals surface area contributed by atoms with Gasteiger partial charge in [0.05, 0.1) is 21.3 Å². The Morgan fingerprint density at radius 1 is 1.00 bits per heavy atom. The molecule has 0 aliphatic heterocycles. The van der Waals surface area contributed by atoms with Gasteiger partial charge >= 0.3 is 0 Å². The Kier molecular flexibility index (Phi) is 6.84. The van der Waals surface area contributed by atoms with Crippen LogP contribution in [0.1, 0.15) is 35.1 Å². The Balaban J connectivity index is 1.84. The van der Waals surface area contributed by atoms with Crippen molar-refractivity contribution in [3.05, 3.63) is 75.5 Å². The monoisotopic (exact) mass is 409 g/mol. The second-order valence-electron chi connectivity index (χ2n) is 6.18. The summed E-state index contributed by atoms with van der Waals surface area (Å²) in [6, 6.07) is 13.0. The quantitative estimate of drug-likeness (QED) is 0.247.